The van der Waals surface area contributed by atoms with Crippen LogP contribution in [-0.2, 0) is 0 Å². The van der Waals surface area contributed by atoms with E-state index in [2.05, 4.69) is 15.6 Å². The van der Waals surface area contributed by atoms with Gasteiger partial charge in [-0.25, -0.2) is 9.78 Å². The van der Waals surface area contributed by atoms with Crippen LogP contribution < -0.4 is 16.3 Å². The molecule has 2 heterocycles. The predicted octanol–water partition coefficient (Wildman–Crippen LogP) is 3.84. The number of hydrogen-bond acceptors (Lipinski definition) is 6. The Morgan fingerprint density at radius 3 is 2.85 bits per heavy atom. The number of thiocarbonyl (C=S) groups is 1. The molecule has 4 rings (SSSR count). The van der Waals surface area contributed by atoms with E-state index in [0.29, 0.717) is 11.0 Å². The third-order valence-electron chi connectivity index (χ3n) is 3.87. The third kappa shape index (κ3) is 3.57. The van der Waals surface area contributed by atoms with Gasteiger partial charge in [0.1, 0.15) is 11.1 Å². The van der Waals surface area contributed by atoms with Crippen LogP contribution in [0.5, 0.6) is 0 Å². The summed E-state index contributed by atoms with van der Waals surface area (Å²) in [6.45, 7) is 1.94. The molecule has 0 saturated heterocycles. The topological polar surface area (TPSA) is 84.2 Å². The number of fused-ring (bicyclic) bond motifs is 2. The van der Waals surface area contributed by atoms with Gasteiger partial charge in [-0.05, 0) is 49.5 Å². The van der Waals surface area contributed by atoms with E-state index in [1.54, 1.807) is 35.6 Å². The van der Waals surface area contributed by atoms with Crippen molar-refractivity contribution in [3.63, 3.8) is 0 Å². The summed E-state index contributed by atoms with van der Waals surface area (Å²) in [6.07, 6.45) is 0. The molecule has 0 aliphatic heterocycles. The second-order valence-electron chi connectivity index (χ2n) is 5.81. The SMILES string of the molecule is Cc1nc2ccc(NC(=S)NC(=O)c3cc4ccccc4oc3=O)cc2s1. The standard InChI is InChI=1S/C19H13N3O3S2/c1-10-20-14-7-6-12(9-16(14)27-10)21-19(26)22-17(23)13-8-11-4-2-3-5-15(11)25-18(13)24/h2-9H,1H3,(H2,21,22,23,26). The molecule has 2 N–H and O–H groups in total. The molecule has 6 nitrogen and oxygen atoms in total. The minimum Gasteiger partial charge on any atom is -0.422 e. The fraction of sp³-hybridized carbons (Fsp3) is 0.0526. The van der Waals surface area contributed by atoms with Crippen LogP contribution >= 0.6 is 23.6 Å². The summed E-state index contributed by atoms with van der Waals surface area (Å²) in [5.41, 5.74) is 1.24. The number of aryl methyl sites for hydroxylation is 1. The van der Waals surface area contributed by atoms with Crippen molar-refractivity contribution in [1.82, 2.24) is 10.3 Å². The van der Waals surface area contributed by atoms with Crippen LogP contribution in [0.1, 0.15) is 15.4 Å². The van der Waals surface area contributed by atoms with Crippen LogP contribution in [0.15, 0.2) is 57.7 Å². The third-order valence-corrected chi connectivity index (χ3v) is 5.00. The van der Waals surface area contributed by atoms with Crippen LogP contribution in [0.2, 0.25) is 0 Å². The average Bonchev–Trinajstić information content (AvgIpc) is 3.00. The number of carbonyl (C=O) groups is 1. The first kappa shape index (κ1) is 17.3. The van der Waals surface area contributed by atoms with Crippen LogP contribution in [0.3, 0.4) is 0 Å². The van der Waals surface area contributed by atoms with Crippen LogP contribution in [0.25, 0.3) is 21.2 Å². The molecule has 0 atom stereocenters. The minimum atomic E-state index is -0.712. The van der Waals surface area contributed by atoms with Crippen molar-refractivity contribution in [1.29, 1.82) is 0 Å². The van der Waals surface area contributed by atoms with E-state index in [1.807, 2.05) is 25.1 Å². The molecular formula is C19H13N3O3S2. The normalized spacial score (nSPS) is 10.9. The lowest BCUT2D eigenvalue weighted by molar-refractivity contribution is 0.0974. The lowest BCUT2D eigenvalue weighted by Crippen LogP contribution is -2.36. The van der Waals surface area contributed by atoms with Crippen LogP contribution in [0, 0.1) is 6.92 Å². The van der Waals surface area contributed by atoms with Gasteiger partial charge in [0.15, 0.2) is 5.11 Å². The van der Waals surface area contributed by atoms with E-state index >= 15 is 0 Å². The van der Waals surface area contributed by atoms with Gasteiger partial charge in [-0.15, -0.1) is 11.3 Å². The van der Waals surface area contributed by atoms with Gasteiger partial charge in [0.2, 0.25) is 0 Å². The maximum atomic E-state index is 12.4. The Morgan fingerprint density at radius 1 is 1.19 bits per heavy atom. The molecule has 2 aromatic heterocycles. The molecule has 0 unspecified atom stereocenters. The molecule has 27 heavy (non-hydrogen) atoms. The number of aromatic nitrogens is 1. The Balaban J connectivity index is 1.52. The van der Waals surface area contributed by atoms with Crippen molar-refractivity contribution in [3.8, 4) is 0 Å². The number of benzene rings is 2. The van der Waals surface area contributed by atoms with Crippen molar-refractivity contribution in [2.45, 2.75) is 6.92 Å². The smallest absolute Gasteiger partial charge is 0.349 e. The van der Waals surface area contributed by atoms with Crippen molar-refractivity contribution >= 4 is 61.4 Å². The number of thiazole rings is 1. The second kappa shape index (κ2) is 6.90. The van der Waals surface area contributed by atoms with E-state index in [4.69, 9.17) is 16.6 Å². The molecule has 0 fully saturated rings. The maximum absolute atomic E-state index is 12.4. The molecule has 0 spiro atoms. The van der Waals surface area contributed by atoms with E-state index in [1.165, 1.54) is 6.07 Å². The predicted molar refractivity (Wildman–Crippen MR) is 111 cm³/mol. The Hall–Kier alpha value is -3.10. The molecule has 2 aromatic carbocycles. The molecule has 0 aliphatic carbocycles. The fourth-order valence-corrected chi connectivity index (χ4v) is 3.75. The highest BCUT2D eigenvalue weighted by Gasteiger charge is 2.15. The summed E-state index contributed by atoms with van der Waals surface area (Å²) in [4.78, 5) is 28.9. The first-order valence-corrected chi connectivity index (χ1v) is 9.24. The fourth-order valence-electron chi connectivity index (χ4n) is 2.67. The summed E-state index contributed by atoms with van der Waals surface area (Å²) < 4.78 is 6.19. The zero-order chi connectivity index (χ0) is 19.0. The van der Waals surface area contributed by atoms with Gasteiger partial charge in [0, 0.05) is 11.1 Å². The monoisotopic (exact) mass is 395 g/mol. The second-order valence-corrected chi connectivity index (χ2v) is 7.45. The number of carbonyl (C=O) groups excluding carboxylic acids is 1. The summed E-state index contributed by atoms with van der Waals surface area (Å²) in [7, 11) is 0. The van der Waals surface area contributed by atoms with Gasteiger partial charge in [0.25, 0.3) is 5.91 Å². The lowest BCUT2D eigenvalue weighted by atomic mass is 10.2. The van der Waals surface area contributed by atoms with Gasteiger partial charge >= 0.3 is 5.63 Å². The van der Waals surface area contributed by atoms with E-state index in [9.17, 15) is 9.59 Å². The van der Waals surface area contributed by atoms with Gasteiger partial charge in [-0.2, -0.15) is 0 Å². The minimum absolute atomic E-state index is 0.0909. The highest BCUT2D eigenvalue weighted by Crippen LogP contribution is 2.24. The Morgan fingerprint density at radius 2 is 2.00 bits per heavy atom. The van der Waals surface area contributed by atoms with Crippen molar-refractivity contribution in [2.24, 2.45) is 0 Å². The zero-order valence-corrected chi connectivity index (χ0v) is 15.7. The largest absolute Gasteiger partial charge is 0.422 e. The molecule has 0 radical (unpaired) electrons. The van der Waals surface area contributed by atoms with Crippen molar-refractivity contribution in [2.75, 3.05) is 5.32 Å². The van der Waals surface area contributed by atoms with Crippen molar-refractivity contribution < 1.29 is 9.21 Å². The first-order chi connectivity index (χ1) is 13.0. The molecular weight excluding hydrogens is 382 g/mol. The van der Waals surface area contributed by atoms with Crippen LogP contribution in [-0.4, -0.2) is 16.0 Å². The van der Waals surface area contributed by atoms with Crippen molar-refractivity contribution in [3.05, 3.63) is 69.5 Å². The molecule has 8 heteroatoms. The zero-order valence-electron chi connectivity index (χ0n) is 14.1. The summed E-state index contributed by atoms with van der Waals surface area (Å²) >= 11 is 6.76. The molecule has 134 valence electrons. The molecule has 0 aliphatic rings. The number of amides is 1. The van der Waals surface area contributed by atoms with Crippen LogP contribution in [0.4, 0.5) is 5.69 Å². The highest BCUT2D eigenvalue weighted by molar-refractivity contribution is 7.80. The molecule has 0 saturated carbocycles. The Labute approximate surface area is 162 Å². The summed E-state index contributed by atoms with van der Waals surface area (Å²) in [6, 6.07) is 14.1. The van der Waals surface area contributed by atoms with E-state index < -0.39 is 11.5 Å². The summed E-state index contributed by atoms with van der Waals surface area (Å²) in [5, 5.41) is 7.18. The first-order valence-electron chi connectivity index (χ1n) is 8.02. The Bertz CT molecular complexity index is 1260. The maximum Gasteiger partial charge on any atom is 0.349 e. The quantitative estimate of drug-likeness (QED) is 0.396. The molecule has 0 bridgehead atoms. The number of nitrogens with zero attached hydrogens (tertiary/aromatic N) is 1. The molecule has 1 amide bonds. The number of hydrogen-bond donors (Lipinski definition) is 2. The number of para-hydroxylation sites is 1. The number of nitrogens with one attached hydrogen (secondary N) is 2. The average molecular weight is 395 g/mol. The number of anilines is 1. The lowest BCUT2D eigenvalue weighted by Gasteiger charge is -2.09. The van der Waals surface area contributed by atoms with E-state index in [-0.39, 0.29) is 10.7 Å². The number of rotatable bonds is 2. The molecule has 4 aromatic rings. The summed E-state index contributed by atoms with van der Waals surface area (Å²) in [5.74, 6) is -0.623. The van der Waals surface area contributed by atoms with E-state index in [0.717, 1.165) is 20.9 Å². The van der Waals surface area contributed by atoms with Gasteiger partial charge in [0.05, 0.1) is 15.2 Å². The van der Waals surface area contributed by atoms with Gasteiger partial charge < -0.3 is 9.73 Å². The van der Waals surface area contributed by atoms with Gasteiger partial charge in [-0.1, -0.05) is 18.2 Å². The highest BCUT2D eigenvalue weighted by atomic mass is 32.1. The Kier molecular flexibility index (Phi) is 4.43. The van der Waals surface area contributed by atoms with Gasteiger partial charge in [-0.3, -0.25) is 10.1 Å².